The lowest BCUT2D eigenvalue weighted by Gasteiger charge is -2.14. The van der Waals surface area contributed by atoms with Gasteiger partial charge in [-0.2, -0.15) is 0 Å². The lowest BCUT2D eigenvalue weighted by molar-refractivity contribution is 0.0697. The quantitative estimate of drug-likeness (QED) is 0.801. The van der Waals surface area contributed by atoms with Gasteiger partial charge in [-0.15, -0.1) is 0 Å². The van der Waals surface area contributed by atoms with Gasteiger partial charge in [-0.3, -0.25) is 0 Å². The third-order valence-corrected chi connectivity index (χ3v) is 2.30. The van der Waals surface area contributed by atoms with Gasteiger partial charge in [0.25, 0.3) is 0 Å². The van der Waals surface area contributed by atoms with Gasteiger partial charge in [0.15, 0.2) is 0 Å². The molecule has 1 rings (SSSR count). The summed E-state index contributed by atoms with van der Waals surface area (Å²) in [5, 5.41) is 11.9. The van der Waals surface area contributed by atoms with Crippen LogP contribution in [0.25, 0.3) is 0 Å². The third-order valence-electron chi connectivity index (χ3n) is 2.30. The van der Waals surface area contributed by atoms with Crippen molar-refractivity contribution in [3.8, 4) is 0 Å². The summed E-state index contributed by atoms with van der Waals surface area (Å²) in [6.45, 7) is 3.12. The van der Waals surface area contributed by atoms with Gasteiger partial charge in [0, 0.05) is 19.3 Å². The van der Waals surface area contributed by atoms with Gasteiger partial charge in [-0.1, -0.05) is 6.92 Å². The predicted molar refractivity (Wildman–Crippen MR) is 62.9 cm³/mol. The molecule has 0 bridgehead atoms. The predicted octanol–water partition coefficient (Wildman–Crippen LogP) is 2.22. The van der Waals surface area contributed by atoms with Crippen molar-refractivity contribution in [2.75, 3.05) is 25.6 Å². The van der Waals surface area contributed by atoms with Crippen molar-refractivity contribution >= 4 is 11.7 Å². The first-order valence-electron chi connectivity index (χ1n) is 5.30. The molecule has 0 aliphatic heterocycles. The number of ether oxygens (including phenoxy) is 1. The Balaban J connectivity index is 2.73. The molecule has 1 atom stereocenters. The van der Waals surface area contributed by atoms with Crippen LogP contribution in [0.4, 0.5) is 10.1 Å². The number of carboxylic acid groups (broad SMARTS) is 1. The minimum atomic E-state index is -1.15. The molecule has 1 aromatic carbocycles. The zero-order chi connectivity index (χ0) is 12.8. The maximum absolute atomic E-state index is 12.9. The highest BCUT2D eigenvalue weighted by molar-refractivity contribution is 5.94. The highest BCUT2D eigenvalue weighted by Crippen LogP contribution is 2.17. The number of carbonyl (C=O) groups is 1. The van der Waals surface area contributed by atoms with Crippen LogP contribution in [-0.4, -0.2) is 31.3 Å². The van der Waals surface area contributed by atoms with Crippen molar-refractivity contribution in [3.05, 3.63) is 29.6 Å². The molecule has 0 heterocycles. The maximum Gasteiger partial charge on any atom is 0.337 e. The first-order valence-corrected chi connectivity index (χ1v) is 5.30. The molecule has 0 saturated carbocycles. The van der Waals surface area contributed by atoms with Crippen LogP contribution < -0.4 is 5.32 Å². The SMILES string of the molecule is COCC(C)CNc1ccc(F)cc1C(=O)O. The molecule has 0 saturated heterocycles. The summed E-state index contributed by atoms with van der Waals surface area (Å²) in [5.74, 6) is -1.46. The average Bonchev–Trinajstić information content (AvgIpc) is 2.27. The van der Waals surface area contributed by atoms with Gasteiger partial charge in [-0.05, 0) is 24.1 Å². The van der Waals surface area contributed by atoms with E-state index in [2.05, 4.69) is 5.32 Å². The Morgan fingerprint density at radius 3 is 2.88 bits per heavy atom. The molecule has 94 valence electrons. The van der Waals surface area contributed by atoms with Gasteiger partial charge >= 0.3 is 5.97 Å². The second kappa shape index (κ2) is 6.20. The van der Waals surface area contributed by atoms with Crippen molar-refractivity contribution in [3.63, 3.8) is 0 Å². The summed E-state index contributed by atoms with van der Waals surface area (Å²) in [5.41, 5.74) is 0.358. The number of methoxy groups -OCH3 is 1. The summed E-state index contributed by atoms with van der Waals surface area (Å²) in [4.78, 5) is 10.9. The second-order valence-corrected chi connectivity index (χ2v) is 3.94. The molecule has 0 radical (unpaired) electrons. The number of benzene rings is 1. The van der Waals surface area contributed by atoms with E-state index < -0.39 is 11.8 Å². The Hall–Kier alpha value is -1.62. The van der Waals surface area contributed by atoms with E-state index in [1.807, 2.05) is 6.92 Å². The summed E-state index contributed by atoms with van der Waals surface area (Å²) in [7, 11) is 1.61. The van der Waals surface area contributed by atoms with Crippen molar-refractivity contribution in [1.82, 2.24) is 0 Å². The van der Waals surface area contributed by atoms with Gasteiger partial charge in [-0.25, -0.2) is 9.18 Å². The molecule has 4 nitrogen and oxygen atoms in total. The van der Waals surface area contributed by atoms with Crippen LogP contribution in [-0.2, 0) is 4.74 Å². The lowest BCUT2D eigenvalue weighted by Crippen LogP contribution is -2.17. The maximum atomic E-state index is 12.9. The molecule has 17 heavy (non-hydrogen) atoms. The molecule has 0 amide bonds. The molecule has 5 heteroatoms. The van der Waals surface area contributed by atoms with E-state index in [0.717, 1.165) is 6.07 Å². The van der Waals surface area contributed by atoms with Gasteiger partial charge < -0.3 is 15.2 Å². The molecule has 0 aliphatic rings. The number of aromatic carboxylic acids is 1. The Morgan fingerprint density at radius 1 is 1.59 bits per heavy atom. The number of halogens is 1. The molecular formula is C12H16FNO3. The van der Waals surface area contributed by atoms with E-state index in [1.165, 1.54) is 12.1 Å². The fourth-order valence-corrected chi connectivity index (χ4v) is 1.48. The van der Waals surface area contributed by atoms with E-state index >= 15 is 0 Å². The highest BCUT2D eigenvalue weighted by Gasteiger charge is 2.11. The highest BCUT2D eigenvalue weighted by atomic mass is 19.1. The van der Waals surface area contributed by atoms with E-state index in [4.69, 9.17) is 9.84 Å². The second-order valence-electron chi connectivity index (χ2n) is 3.94. The molecule has 1 aromatic rings. The van der Waals surface area contributed by atoms with Crippen LogP contribution in [0.5, 0.6) is 0 Å². The topological polar surface area (TPSA) is 58.6 Å². The van der Waals surface area contributed by atoms with E-state index in [1.54, 1.807) is 7.11 Å². The number of anilines is 1. The zero-order valence-electron chi connectivity index (χ0n) is 9.87. The molecular weight excluding hydrogens is 225 g/mol. The van der Waals surface area contributed by atoms with Crippen LogP contribution in [0.3, 0.4) is 0 Å². The minimum Gasteiger partial charge on any atom is -0.478 e. The zero-order valence-corrected chi connectivity index (χ0v) is 9.87. The number of hydrogen-bond acceptors (Lipinski definition) is 3. The molecule has 1 unspecified atom stereocenters. The van der Waals surface area contributed by atoms with Crippen molar-refractivity contribution in [2.24, 2.45) is 5.92 Å². The number of nitrogens with one attached hydrogen (secondary N) is 1. The average molecular weight is 241 g/mol. The van der Waals surface area contributed by atoms with Crippen molar-refractivity contribution in [1.29, 1.82) is 0 Å². The van der Waals surface area contributed by atoms with E-state index in [-0.39, 0.29) is 11.5 Å². The standard InChI is InChI=1S/C12H16FNO3/c1-8(7-17-2)6-14-11-4-3-9(13)5-10(11)12(15)16/h3-5,8,14H,6-7H2,1-2H3,(H,15,16). The minimum absolute atomic E-state index is 0.0605. The van der Waals surface area contributed by atoms with Crippen molar-refractivity contribution < 1.29 is 19.0 Å². The molecule has 0 aromatic heterocycles. The van der Waals surface area contributed by atoms with Crippen LogP contribution >= 0.6 is 0 Å². The Bertz CT molecular complexity index is 395. The Morgan fingerprint density at radius 2 is 2.29 bits per heavy atom. The monoisotopic (exact) mass is 241 g/mol. The Labute approximate surface area is 99.4 Å². The van der Waals surface area contributed by atoms with Crippen LogP contribution in [0.2, 0.25) is 0 Å². The van der Waals surface area contributed by atoms with E-state index in [9.17, 15) is 9.18 Å². The summed E-state index contributed by atoms with van der Waals surface area (Å²) < 4.78 is 17.9. The van der Waals surface area contributed by atoms with Crippen molar-refractivity contribution in [2.45, 2.75) is 6.92 Å². The normalized spacial score (nSPS) is 12.2. The third kappa shape index (κ3) is 4.03. The van der Waals surface area contributed by atoms with Crippen LogP contribution in [0.1, 0.15) is 17.3 Å². The summed E-state index contributed by atoms with van der Waals surface area (Å²) in [6.07, 6.45) is 0. The van der Waals surface area contributed by atoms with Crippen LogP contribution in [0.15, 0.2) is 18.2 Å². The largest absolute Gasteiger partial charge is 0.478 e. The molecule has 2 N–H and O–H groups in total. The Kier molecular flexibility index (Phi) is 4.90. The van der Waals surface area contributed by atoms with E-state index in [0.29, 0.717) is 18.8 Å². The molecule has 0 spiro atoms. The molecule has 0 fully saturated rings. The fourth-order valence-electron chi connectivity index (χ4n) is 1.48. The fraction of sp³-hybridized carbons (Fsp3) is 0.417. The lowest BCUT2D eigenvalue weighted by atomic mass is 10.1. The number of hydrogen-bond donors (Lipinski definition) is 2. The first kappa shape index (κ1) is 13.4. The summed E-state index contributed by atoms with van der Waals surface area (Å²) in [6, 6.07) is 3.67. The summed E-state index contributed by atoms with van der Waals surface area (Å²) >= 11 is 0. The van der Waals surface area contributed by atoms with Gasteiger partial charge in [0.1, 0.15) is 5.82 Å². The van der Waals surface area contributed by atoms with Crippen LogP contribution in [0, 0.1) is 11.7 Å². The first-order chi connectivity index (χ1) is 8.04. The van der Waals surface area contributed by atoms with Gasteiger partial charge in [0.2, 0.25) is 0 Å². The smallest absolute Gasteiger partial charge is 0.337 e. The number of rotatable bonds is 6. The number of carboxylic acids is 1. The van der Waals surface area contributed by atoms with Gasteiger partial charge in [0.05, 0.1) is 12.2 Å². The molecule has 0 aliphatic carbocycles.